The lowest BCUT2D eigenvalue weighted by Crippen LogP contribution is -2.36. The number of aromatic nitrogens is 1. The Morgan fingerprint density at radius 1 is 0.846 bits per heavy atom. The Kier molecular flexibility index (Phi) is 15.6. The van der Waals surface area contributed by atoms with E-state index >= 15 is 0 Å². The van der Waals surface area contributed by atoms with Crippen molar-refractivity contribution < 1.29 is 18.8 Å². The normalized spacial score (nSPS) is 11.4. The number of ether oxygens (including phenoxy) is 2. The summed E-state index contributed by atoms with van der Waals surface area (Å²) in [5.41, 5.74) is 2.20. The summed E-state index contributed by atoms with van der Waals surface area (Å²) in [7, 11) is 2.01. The van der Waals surface area contributed by atoms with Crippen LogP contribution in [0.2, 0.25) is 0 Å². The third kappa shape index (κ3) is 13.9. The van der Waals surface area contributed by atoms with E-state index < -0.39 is 0 Å². The Balaban J connectivity index is 1.66. The van der Waals surface area contributed by atoms with Gasteiger partial charge in [-0.3, -0.25) is 4.79 Å². The number of hydrogen-bond donors (Lipinski definition) is 1. The van der Waals surface area contributed by atoms with E-state index in [9.17, 15) is 4.79 Å². The van der Waals surface area contributed by atoms with Gasteiger partial charge < -0.3 is 14.8 Å². The zero-order valence-electron chi connectivity index (χ0n) is 25.5. The number of benzene rings is 1. The Bertz CT molecular complexity index is 952. The van der Waals surface area contributed by atoms with Gasteiger partial charge in [-0.05, 0) is 30.0 Å². The first-order chi connectivity index (χ1) is 18.8. The summed E-state index contributed by atoms with van der Waals surface area (Å²) in [6.45, 7) is 10.1. The SMILES string of the molecule is CCCCCCCCCCCCCCOc1ccc(OCC(=O)NCCc2cccc[n+]2C)cc1C(C)(C)C. The fourth-order valence-corrected chi connectivity index (χ4v) is 4.78. The number of amides is 1. The second-order valence-electron chi connectivity index (χ2n) is 11.8. The molecule has 1 heterocycles. The number of unbranched alkanes of at least 4 members (excludes halogenated alkanes) is 11. The van der Waals surface area contributed by atoms with Crippen LogP contribution in [0.3, 0.4) is 0 Å². The fraction of sp³-hybridized carbons (Fsp3) is 0.647. The van der Waals surface area contributed by atoms with Crippen LogP contribution in [0.25, 0.3) is 0 Å². The summed E-state index contributed by atoms with van der Waals surface area (Å²) in [6.07, 6.45) is 18.9. The maximum atomic E-state index is 12.3. The van der Waals surface area contributed by atoms with Crippen LogP contribution in [-0.2, 0) is 23.7 Å². The molecule has 0 radical (unpaired) electrons. The quantitative estimate of drug-likeness (QED) is 0.139. The maximum Gasteiger partial charge on any atom is 0.257 e. The number of nitrogens with zero attached hydrogens (tertiary/aromatic N) is 1. The Morgan fingerprint density at radius 2 is 1.49 bits per heavy atom. The van der Waals surface area contributed by atoms with E-state index in [0.717, 1.165) is 30.8 Å². The zero-order valence-corrected chi connectivity index (χ0v) is 25.5. The van der Waals surface area contributed by atoms with Crippen molar-refractivity contribution in [2.45, 2.75) is 117 Å². The highest BCUT2D eigenvalue weighted by Gasteiger charge is 2.20. The minimum absolute atomic E-state index is 0.00353. The molecule has 0 atom stereocenters. The number of rotatable bonds is 20. The molecule has 1 aromatic heterocycles. The van der Waals surface area contributed by atoms with Crippen molar-refractivity contribution >= 4 is 5.91 Å². The molecule has 2 aromatic rings. The van der Waals surface area contributed by atoms with E-state index in [1.54, 1.807) is 0 Å². The molecule has 5 nitrogen and oxygen atoms in total. The van der Waals surface area contributed by atoms with Gasteiger partial charge in [-0.2, -0.15) is 0 Å². The molecule has 1 amide bonds. The minimum Gasteiger partial charge on any atom is -0.493 e. The summed E-state index contributed by atoms with van der Waals surface area (Å²) in [4.78, 5) is 12.3. The topological polar surface area (TPSA) is 51.4 Å². The van der Waals surface area contributed by atoms with Crippen LogP contribution < -0.4 is 19.4 Å². The monoisotopic (exact) mass is 539 g/mol. The van der Waals surface area contributed by atoms with Gasteiger partial charge in [-0.15, -0.1) is 0 Å². The van der Waals surface area contributed by atoms with Crippen LogP contribution in [0.4, 0.5) is 0 Å². The average Bonchev–Trinajstić information content (AvgIpc) is 2.91. The van der Waals surface area contributed by atoms with Crippen molar-refractivity contribution in [2.75, 3.05) is 19.8 Å². The predicted octanol–water partition coefficient (Wildman–Crippen LogP) is 7.63. The molecule has 0 saturated heterocycles. The van der Waals surface area contributed by atoms with Gasteiger partial charge in [-0.1, -0.05) is 104 Å². The molecule has 5 heteroatoms. The molecule has 0 unspecified atom stereocenters. The molecule has 2 rings (SSSR count). The van der Waals surface area contributed by atoms with E-state index in [0.29, 0.717) is 12.3 Å². The lowest BCUT2D eigenvalue weighted by atomic mass is 9.86. The third-order valence-corrected chi connectivity index (χ3v) is 7.25. The summed E-state index contributed by atoms with van der Waals surface area (Å²) in [5.74, 6) is 1.50. The van der Waals surface area contributed by atoms with Crippen LogP contribution in [0.1, 0.15) is 116 Å². The molecule has 0 aliphatic heterocycles. The molecule has 0 fully saturated rings. The van der Waals surface area contributed by atoms with E-state index in [-0.39, 0.29) is 17.9 Å². The van der Waals surface area contributed by atoms with Crippen molar-refractivity contribution in [1.82, 2.24) is 5.32 Å². The highest BCUT2D eigenvalue weighted by Crippen LogP contribution is 2.34. The van der Waals surface area contributed by atoms with Crippen molar-refractivity contribution in [3.05, 3.63) is 53.9 Å². The van der Waals surface area contributed by atoms with Gasteiger partial charge in [0.05, 0.1) is 6.61 Å². The number of carbonyl (C=O) groups excluding carboxylic acids is 1. The molecule has 0 spiro atoms. The Hall–Kier alpha value is -2.56. The smallest absolute Gasteiger partial charge is 0.257 e. The molecule has 1 aromatic carbocycles. The molecule has 39 heavy (non-hydrogen) atoms. The highest BCUT2D eigenvalue weighted by molar-refractivity contribution is 5.77. The first kappa shape index (κ1) is 32.7. The van der Waals surface area contributed by atoms with Crippen LogP contribution >= 0.6 is 0 Å². The maximum absolute atomic E-state index is 12.3. The Labute approximate surface area is 238 Å². The van der Waals surface area contributed by atoms with Gasteiger partial charge in [0.1, 0.15) is 18.5 Å². The third-order valence-electron chi connectivity index (χ3n) is 7.25. The van der Waals surface area contributed by atoms with Gasteiger partial charge in [0.15, 0.2) is 18.5 Å². The van der Waals surface area contributed by atoms with Crippen molar-refractivity contribution in [3.8, 4) is 11.5 Å². The summed E-state index contributed by atoms with van der Waals surface area (Å²) in [5, 5.41) is 2.95. The van der Waals surface area contributed by atoms with Crippen molar-refractivity contribution in [1.29, 1.82) is 0 Å². The molecule has 0 bridgehead atoms. The standard InChI is InChI=1S/C34H54N2O3/c1-6-7-8-9-10-11-12-13-14-15-16-19-26-38-32-22-21-30(27-31(32)34(2,3)4)39-28-33(37)35-24-23-29-20-17-18-25-36(29)5/h17-18,20-22,25,27H,6-16,19,23-24,26,28H2,1-5H3/p+1. The van der Waals surface area contributed by atoms with Crippen LogP contribution in [-0.4, -0.2) is 25.7 Å². The number of pyridine rings is 1. The lowest BCUT2D eigenvalue weighted by molar-refractivity contribution is -0.679. The van der Waals surface area contributed by atoms with Gasteiger partial charge in [0, 0.05) is 30.7 Å². The molecular weight excluding hydrogens is 484 g/mol. The largest absolute Gasteiger partial charge is 0.493 e. The number of hydrogen-bond acceptors (Lipinski definition) is 3. The van der Waals surface area contributed by atoms with Gasteiger partial charge >= 0.3 is 0 Å². The van der Waals surface area contributed by atoms with Crippen molar-refractivity contribution in [2.24, 2.45) is 7.05 Å². The van der Waals surface area contributed by atoms with E-state index in [2.05, 4.69) is 43.6 Å². The molecule has 0 aliphatic carbocycles. The minimum atomic E-state index is -0.113. The number of aryl methyl sites for hydroxylation is 1. The van der Waals surface area contributed by atoms with E-state index in [4.69, 9.17) is 9.47 Å². The van der Waals surface area contributed by atoms with E-state index in [1.165, 1.54) is 76.3 Å². The van der Waals surface area contributed by atoms with Crippen LogP contribution in [0.15, 0.2) is 42.6 Å². The van der Waals surface area contributed by atoms with Crippen LogP contribution in [0, 0.1) is 0 Å². The van der Waals surface area contributed by atoms with Crippen LogP contribution in [0.5, 0.6) is 11.5 Å². The number of carbonyl (C=O) groups is 1. The molecule has 0 aliphatic rings. The van der Waals surface area contributed by atoms with Gasteiger partial charge in [0.25, 0.3) is 5.91 Å². The molecule has 218 valence electrons. The first-order valence-electron chi connectivity index (χ1n) is 15.4. The average molecular weight is 540 g/mol. The number of nitrogens with one attached hydrogen (secondary N) is 1. The summed E-state index contributed by atoms with van der Waals surface area (Å²) >= 11 is 0. The van der Waals surface area contributed by atoms with E-state index in [1.807, 2.05) is 43.6 Å². The molecule has 0 saturated carbocycles. The molecular formula is C34H55N2O3+. The van der Waals surface area contributed by atoms with Gasteiger partial charge in [-0.25, -0.2) is 4.57 Å². The second kappa shape index (κ2) is 18.7. The van der Waals surface area contributed by atoms with Gasteiger partial charge in [0.2, 0.25) is 0 Å². The highest BCUT2D eigenvalue weighted by atomic mass is 16.5. The summed E-state index contributed by atoms with van der Waals surface area (Å²) < 4.78 is 14.1. The first-order valence-corrected chi connectivity index (χ1v) is 15.4. The lowest BCUT2D eigenvalue weighted by Gasteiger charge is -2.24. The second-order valence-corrected chi connectivity index (χ2v) is 11.8. The zero-order chi connectivity index (χ0) is 28.3. The predicted molar refractivity (Wildman–Crippen MR) is 162 cm³/mol. The Morgan fingerprint density at radius 3 is 2.10 bits per heavy atom. The summed E-state index contributed by atoms with van der Waals surface area (Å²) in [6, 6.07) is 12.0. The molecule has 1 N–H and O–H groups in total. The van der Waals surface area contributed by atoms with Crippen molar-refractivity contribution in [3.63, 3.8) is 0 Å². The fourth-order valence-electron chi connectivity index (χ4n) is 4.78.